The number of hydrogen-bond donors (Lipinski definition) is 2. The van der Waals surface area contributed by atoms with Crippen molar-refractivity contribution in [3.63, 3.8) is 0 Å². The quantitative estimate of drug-likeness (QED) is 0.712. The van der Waals surface area contributed by atoms with Crippen LogP contribution in [0.2, 0.25) is 10.0 Å². The van der Waals surface area contributed by atoms with Gasteiger partial charge in [0.05, 0.1) is 6.54 Å². The van der Waals surface area contributed by atoms with E-state index in [-0.39, 0.29) is 17.9 Å². The normalized spacial score (nSPS) is 11.6. The summed E-state index contributed by atoms with van der Waals surface area (Å²) in [6.07, 6.45) is -0.666. The first kappa shape index (κ1) is 20.3. The van der Waals surface area contributed by atoms with Gasteiger partial charge in [-0.2, -0.15) is 0 Å². The van der Waals surface area contributed by atoms with Crippen LogP contribution < -0.4 is 21.1 Å². The van der Waals surface area contributed by atoms with Crippen molar-refractivity contribution < 1.29 is 9.90 Å². The van der Waals surface area contributed by atoms with Crippen molar-refractivity contribution in [2.45, 2.75) is 46.2 Å². The summed E-state index contributed by atoms with van der Waals surface area (Å²) in [5.74, 6) is 0. The minimum atomic E-state index is -1.35. The number of amides is 1. The van der Waals surface area contributed by atoms with Crippen LogP contribution in [0.4, 0.5) is 16.2 Å². The number of aryl methyl sites for hydroxylation is 1. The lowest BCUT2D eigenvalue weighted by atomic mass is 9.99. The molecule has 2 aromatic rings. The zero-order valence-corrected chi connectivity index (χ0v) is 16.5. The summed E-state index contributed by atoms with van der Waals surface area (Å²) in [5.41, 5.74) is -0.935. The monoisotopic (exact) mass is 398 g/mol. The lowest BCUT2D eigenvalue weighted by molar-refractivity contribution is 0.201. The van der Waals surface area contributed by atoms with Crippen LogP contribution in [-0.2, 0) is 6.54 Å². The van der Waals surface area contributed by atoms with Crippen LogP contribution in [0, 0.1) is 6.92 Å². The molecule has 0 unspecified atom stereocenters. The standard InChI is InChI=1S/C18H20Cl2N2O4/c1-5-18(3,4)21-13-14(16(24)15(13)23)22(17(25)26)8-11-9(2)6-10(19)7-12(11)20/h6-7,21H,5,8H2,1-4H3,(H,25,26). The van der Waals surface area contributed by atoms with Gasteiger partial charge in [0, 0.05) is 15.6 Å². The highest BCUT2D eigenvalue weighted by molar-refractivity contribution is 6.35. The fourth-order valence-corrected chi connectivity index (χ4v) is 3.17. The summed E-state index contributed by atoms with van der Waals surface area (Å²) in [7, 11) is 0. The molecule has 2 N–H and O–H groups in total. The summed E-state index contributed by atoms with van der Waals surface area (Å²) >= 11 is 12.1. The van der Waals surface area contributed by atoms with Crippen molar-refractivity contribution in [3.05, 3.63) is 53.8 Å². The van der Waals surface area contributed by atoms with Gasteiger partial charge in [-0.25, -0.2) is 4.79 Å². The van der Waals surface area contributed by atoms with E-state index in [1.807, 2.05) is 20.8 Å². The summed E-state index contributed by atoms with van der Waals surface area (Å²) in [4.78, 5) is 36.7. The van der Waals surface area contributed by atoms with Crippen molar-refractivity contribution in [3.8, 4) is 0 Å². The van der Waals surface area contributed by atoms with E-state index in [4.69, 9.17) is 23.2 Å². The van der Waals surface area contributed by atoms with Crippen LogP contribution in [0.25, 0.3) is 0 Å². The van der Waals surface area contributed by atoms with Gasteiger partial charge in [0.25, 0.3) is 10.9 Å². The molecule has 0 aromatic heterocycles. The number of benzene rings is 1. The SMILES string of the molecule is CCC(C)(C)Nc1c(N(Cc2c(C)cc(Cl)cc2Cl)C(=O)O)c(=O)c1=O. The Labute approximate surface area is 161 Å². The molecule has 1 amide bonds. The second-order valence-corrected chi connectivity index (χ2v) is 7.64. The molecule has 0 radical (unpaired) electrons. The number of anilines is 2. The molecule has 0 saturated heterocycles. The second kappa shape index (κ2) is 7.29. The molecule has 140 valence electrons. The smallest absolute Gasteiger partial charge is 0.412 e. The third kappa shape index (κ3) is 3.86. The van der Waals surface area contributed by atoms with Gasteiger partial charge in [-0.15, -0.1) is 0 Å². The third-order valence-electron chi connectivity index (χ3n) is 4.43. The summed E-state index contributed by atoms with van der Waals surface area (Å²) < 4.78 is 0. The van der Waals surface area contributed by atoms with Crippen LogP contribution in [0.3, 0.4) is 0 Å². The number of halogens is 2. The van der Waals surface area contributed by atoms with Crippen molar-refractivity contribution >= 4 is 40.7 Å². The van der Waals surface area contributed by atoms with Gasteiger partial charge in [0.1, 0.15) is 11.4 Å². The molecule has 0 aliphatic heterocycles. The Bertz CT molecular complexity index is 907. The molecule has 2 aromatic carbocycles. The molecule has 0 fully saturated rings. The fraction of sp³-hybridized carbons (Fsp3) is 0.389. The summed E-state index contributed by atoms with van der Waals surface area (Å²) in [6.45, 7) is 7.22. The van der Waals surface area contributed by atoms with Crippen LogP contribution in [-0.4, -0.2) is 16.7 Å². The van der Waals surface area contributed by atoms with Gasteiger partial charge >= 0.3 is 6.09 Å². The largest absolute Gasteiger partial charge is 0.465 e. The number of nitrogens with zero attached hydrogens (tertiary/aromatic N) is 1. The van der Waals surface area contributed by atoms with E-state index in [1.54, 1.807) is 13.0 Å². The molecule has 0 saturated carbocycles. The predicted octanol–water partition coefficient (Wildman–Crippen LogP) is 4.18. The minimum absolute atomic E-state index is 0.0204. The zero-order valence-electron chi connectivity index (χ0n) is 14.9. The lowest BCUT2D eigenvalue weighted by Crippen LogP contribution is -2.47. The van der Waals surface area contributed by atoms with Crippen molar-refractivity contribution in [1.29, 1.82) is 0 Å². The first-order valence-corrected chi connectivity index (χ1v) is 8.80. The van der Waals surface area contributed by atoms with Gasteiger partial charge in [-0.3, -0.25) is 14.5 Å². The Morgan fingerprint density at radius 2 is 1.85 bits per heavy atom. The minimum Gasteiger partial charge on any atom is -0.465 e. The highest BCUT2D eigenvalue weighted by Gasteiger charge is 2.33. The maximum atomic E-state index is 12.1. The first-order chi connectivity index (χ1) is 12.0. The Morgan fingerprint density at radius 3 is 2.35 bits per heavy atom. The van der Waals surface area contributed by atoms with E-state index in [1.165, 1.54) is 6.07 Å². The van der Waals surface area contributed by atoms with Gasteiger partial charge in [-0.1, -0.05) is 30.1 Å². The van der Waals surface area contributed by atoms with Crippen LogP contribution in [0.15, 0.2) is 21.7 Å². The number of rotatable bonds is 6. The van der Waals surface area contributed by atoms with Crippen molar-refractivity contribution in [2.24, 2.45) is 0 Å². The second-order valence-electron chi connectivity index (χ2n) is 6.80. The maximum absolute atomic E-state index is 12.1. The molecule has 0 spiro atoms. The van der Waals surface area contributed by atoms with Gasteiger partial charge in [0.2, 0.25) is 0 Å². The number of carboxylic acid groups (broad SMARTS) is 1. The van der Waals surface area contributed by atoms with Gasteiger partial charge in [-0.05, 0) is 50.5 Å². The number of hydrogen-bond acceptors (Lipinski definition) is 4. The predicted molar refractivity (Wildman–Crippen MR) is 105 cm³/mol. The molecular weight excluding hydrogens is 379 g/mol. The molecule has 26 heavy (non-hydrogen) atoms. The topological polar surface area (TPSA) is 86.7 Å². The number of nitrogens with one attached hydrogen (secondary N) is 1. The van der Waals surface area contributed by atoms with Crippen molar-refractivity contribution in [1.82, 2.24) is 0 Å². The Hall–Kier alpha value is -2.05. The lowest BCUT2D eigenvalue weighted by Gasteiger charge is -2.30. The molecule has 0 aliphatic rings. The van der Waals surface area contributed by atoms with Crippen LogP contribution in [0.5, 0.6) is 0 Å². The molecular formula is C18H20Cl2N2O4. The highest BCUT2D eigenvalue weighted by Crippen LogP contribution is 2.30. The molecule has 0 heterocycles. The van der Waals surface area contributed by atoms with Gasteiger partial charge < -0.3 is 10.4 Å². The molecule has 2 rings (SSSR count). The molecule has 0 bridgehead atoms. The third-order valence-corrected chi connectivity index (χ3v) is 4.99. The summed E-state index contributed by atoms with van der Waals surface area (Å²) in [6, 6.07) is 3.16. The Morgan fingerprint density at radius 1 is 1.23 bits per heavy atom. The highest BCUT2D eigenvalue weighted by atomic mass is 35.5. The van der Waals surface area contributed by atoms with Crippen LogP contribution >= 0.6 is 23.2 Å². The van der Waals surface area contributed by atoms with E-state index in [0.29, 0.717) is 27.6 Å². The molecule has 0 atom stereocenters. The van der Waals surface area contributed by atoms with Crippen molar-refractivity contribution in [2.75, 3.05) is 10.2 Å². The fourth-order valence-electron chi connectivity index (χ4n) is 2.51. The van der Waals surface area contributed by atoms with E-state index in [0.717, 1.165) is 4.90 Å². The average Bonchev–Trinajstić information content (AvgIpc) is 2.54. The zero-order chi connectivity index (χ0) is 19.8. The first-order valence-electron chi connectivity index (χ1n) is 8.05. The Kier molecular flexibility index (Phi) is 5.68. The van der Waals surface area contributed by atoms with Gasteiger partial charge in [0.15, 0.2) is 0 Å². The van der Waals surface area contributed by atoms with Crippen LogP contribution in [0.1, 0.15) is 38.3 Å². The average molecular weight is 399 g/mol. The Balaban J connectivity index is 2.48. The number of carbonyl (C=O) groups is 1. The summed E-state index contributed by atoms with van der Waals surface area (Å²) in [5, 5.41) is 13.3. The molecule has 8 heteroatoms. The molecule has 6 nitrogen and oxygen atoms in total. The van der Waals surface area contributed by atoms with E-state index in [9.17, 15) is 19.5 Å². The molecule has 0 aliphatic carbocycles. The van der Waals surface area contributed by atoms with E-state index in [2.05, 4.69) is 5.32 Å². The van der Waals surface area contributed by atoms with E-state index < -0.39 is 22.5 Å². The maximum Gasteiger partial charge on any atom is 0.412 e. The van der Waals surface area contributed by atoms with E-state index >= 15 is 0 Å².